The molecule has 0 bridgehead atoms. The lowest BCUT2D eigenvalue weighted by molar-refractivity contribution is 1.12. The molecule has 0 spiro atoms. The Kier molecular flexibility index (Phi) is 3.80. The number of thiocarbonyl (C=S) groups is 1. The molecule has 5 heteroatoms. The second kappa shape index (κ2) is 6.45. The molecule has 3 aromatic heterocycles. The van der Waals surface area contributed by atoms with Crippen molar-refractivity contribution < 1.29 is 0 Å². The minimum Gasteiger partial charge on any atom is -0.354 e. The molecule has 27 heavy (non-hydrogen) atoms. The molecule has 0 atom stereocenters. The molecule has 5 aromatic rings. The topological polar surface area (TPSA) is 57.4 Å². The number of rotatable bonds is 4. The number of benzene rings is 2. The van der Waals surface area contributed by atoms with Gasteiger partial charge in [-0.2, -0.15) is 5.10 Å². The maximum atomic E-state index is 5.67. The van der Waals surface area contributed by atoms with Crippen LogP contribution in [0.3, 0.4) is 0 Å². The number of aromatic amines is 2. The highest BCUT2D eigenvalue weighted by molar-refractivity contribution is 7.80. The lowest BCUT2D eigenvalue weighted by atomic mass is 10.1. The number of aromatic nitrogens is 4. The Morgan fingerprint density at radius 1 is 0.926 bits per heavy atom. The van der Waals surface area contributed by atoms with Gasteiger partial charge in [0.25, 0.3) is 0 Å². The second-order valence-corrected chi connectivity index (χ2v) is 7.05. The van der Waals surface area contributed by atoms with Gasteiger partial charge < -0.3 is 4.98 Å². The Morgan fingerprint density at radius 3 is 2.56 bits per heavy atom. The highest BCUT2D eigenvalue weighted by atomic mass is 32.1. The Labute approximate surface area is 161 Å². The third-order valence-electron chi connectivity index (χ3n) is 4.76. The van der Waals surface area contributed by atoms with E-state index in [1.54, 1.807) is 12.4 Å². The van der Waals surface area contributed by atoms with Crippen LogP contribution in [0.4, 0.5) is 0 Å². The van der Waals surface area contributed by atoms with Crippen LogP contribution in [-0.2, 0) is 6.42 Å². The fraction of sp³-hybridized carbons (Fsp3) is 0.0455. The molecule has 0 fully saturated rings. The number of nitrogens with zero attached hydrogens (tertiary/aromatic N) is 2. The molecular formula is C22H16N4S. The molecule has 0 saturated carbocycles. The molecule has 5 rings (SSSR count). The van der Waals surface area contributed by atoms with Crippen LogP contribution in [-0.4, -0.2) is 25.0 Å². The molecule has 0 saturated heterocycles. The molecule has 4 nitrogen and oxygen atoms in total. The van der Waals surface area contributed by atoms with E-state index in [-0.39, 0.29) is 0 Å². The summed E-state index contributed by atoms with van der Waals surface area (Å²) in [5, 5.41) is 9.84. The zero-order valence-corrected chi connectivity index (χ0v) is 15.3. The molecule has 0 amide bonds. The molecular weight excluding hydrogens is 352 g/mol. The SMILES string of the molecule is S=C(Cc1ccccc1)c1cc2cc3c(-c4ccncc4)n[nH]c3cc2[nH]1. The molecule has 2 N–H and O–H groups in total. The van der Waals surface area contributed by atoms with Crippen LogP contribution in [0.25, 0.3) is 33.1 Å². The summed E-state index contributed by atoms with van der Waals surface area (Å²) in [6.45, 7) is 0. The van der Waals surface area contributed by atoms with Crippen LogP contribution in [0, 0.1) is 0 Å². The summed E-state index contributed by atoms with van der Waals surface area (Å²) in [4.78, 5) is 8.45. The number of pyridine rings is 1. The van der Waals surface area contributed by atoms with Crippen molar-refractivity contribution in [3.05, 3.63) is 84.3 Å². The molecule has 0 radical (unpaired) electrons. The number of hydrogen-bond donors (Lipinski definition) is 2. The van der Waals surface area contributed by atoms with E-state index in [1.165, 1.54) is 5.56 Å². The normalized spacial score (nSPS) is 11.3. The van der Waals surface area contributed by atoms with Gasteiger partial charge in [0.2, 0.25) is 0 Å². The van der Waals surface area contributed by atoms with Gasteiger partial charge in [-0.15, -0.1) is 0 Å². The summed E-state index contributed by atoms with van der Waals surface area (Å²) in [5.74, 6) is 0. The Morgan fingerprint density at radius 2 is 1.74 bits per heavy atom. The Bertz CT molecular complexity index is 1250. The van der Waals surface area contributed by atoms with Gasteiger partial charge >= 0.3 is 0 Å². The molecule has 0 aliphatic heterocycles. The van der Waals surface area contributed by atoms with Crippen molar-refractivity contribution in [2.75, 3.05) is 0 Å². The average molecular weight is 368 g/mol. The summed E-state index contributed by atoms with van der Waals surface area (Å²) in [6, 6.07) is 20.6. The molecule has 130 valence electrons. The van der Waals surface area contributed by atoms with E-state index in [1.807, 2.05) is 30.3 Å². The van der Waals surface area contributed by atoms with Crippen LogP contribution in [0.5, 0.6) is 0 Å². The monoisotopic (exact) mass is 368 g/mol. The molecule has 0 unspecified atom stereocenters. The first-order valence-corrected chi connectivity index (χ1v) is 9.17. The predicted octanol–water partition coefficient (Wildman–Crippen LogP) is 5.07. The summed E-state index contributed by atoms with van der Waals surface area (Å²) in [6.07, 6.45) is 4.32. The van der Waals surface area contributed by atoms with Crippen molar-refractivity contribution in [1.29, 1.82) is 0 Å². The van der Waals surface area contributed by atoms with Crippen molar-refractivity contribution in [1.82, 2.24) is 20.2 Å². The summed E-state index contributed by atoms with van der Waals surface area (Å²) < 4.78 is 0. The highest BCUT2D eigenvalue weighted by Crippen LogP contribution is 2.30. The van der Waals surface area contributed by atoms with Crippen LogP contribution < -0.4 is 0 Å². The lowest BCUT2D eigenvalue weighted by Gasteiger charge is -2.01. The quantitative estimate of drug-likeness (QED) is 0.344. The van der Waals surface area contributed by atoms with E-state index in [9.17, 15) is 0 Å². The van der Waals surface area contributed by atoms with Crippen LogP contribution in [0.2, 0.25) is 0 Å². The Hall–Kier alpha value is -3.31. The zero-order valence-electron chi connectivity index (χ0n) is 14.4. The number of hydrogen-bond acceptors (Lipinski definition) is 3. The van der Waals surface area contributed by atoms with Gasteiger partial charge in [0.1, 0.15) is 5.69 Å². The number of nitrogens with one attached hydrogen (secondary N) is 2. The summed E-state index contributed by atoms with van der Waals surface area (Å²) in [7, 11) is 0. The van der Waals surface area contributed by atoms with E-state index in [2.05, 4.69) is 50.5 Å². The maximum Gasteiger partial charge on any atom is 0.100 e. The average Bonchev–Trinajstić information content (AvgIpc) is 3.31. The lowest BCUT2D eigenvalue weighted by Crippen LogP contribution is -2.01. The van der Waals surface area contributed by atoms with Crippen molar-refractivity contribution in [2.45, 2.75) is 6.42 Å². The van der Waals surface area contributed by atoms with Gasteiger partial charge in [-0.25, -0.2) is 0 Å². The fourth-order valence-corrected chi connectivity index (χ4v) is 3.68. The van der Waals surface area contributed by atoms with Crippen LogP contribution in [0.15, 0.2) is 73.1 Å². The standard InChI is InChI=1S/C22H16N4S/c27-21(10-14-4-2-1-3-5-14)20-12-16-11-17-19(13-18(16)24-20)25-26-22(17)15-6-8-23-9-7-15/h1-9,11-13,24H,10H2,(H,25,26). The van der Waals surface area contributed by atoms with Gasteiger partial charge in [-0.3, -0.25) is 10.1 Å². The predicted molar refractivity (Wildman–Crippen MR) is 113 cm³/mol. The maximum absolute atomic E-state index is 5.67. The molecule has 2 aromatic carbocycles. The van der Waals surface area contributed by atoms with Gasteiger partial charge in [-0.1, -0.05) is 42.5 Å². The minimum atomic E-state index is 0.755. The van der Waals surface area contributed by atoms with E-state index < -0.39 is 0 Å². The van der Waals surface area contributed by atoms with Gasteiger partial charge in [0, 0.05) is 45.5 Å². The third kappa shape index (κ3) is 2.92. The number of H-pyrrole nitrogens is 2. The largest absolute Gasteiger partial charge is 0.354 e. The van der Waals surface area contributed by atoms with Gasteiger partial charge in [-0.05, 0) is 35.9 Å². The van der Waals surface area contributed by atoms with Crippen molar-refractivity contribution in [3.8, 4) is 11.3 Å². The van der Waals surface area contributed by atoms with Crippen LogP contribution >= 0.6 is 12.2 Å². The molecule has 0 aliphatic carbocycles. The first-order valence-electron chi connectivity index (χ1n) is 8.76. The summed E-state index contributed by atoms with van der Waals surface area (Å²) >= 11 is 5.67. The van der Waals surface area contributed by atoms with Crippen molar-refractivity contribution >= 4 is 38.9 Å². The third-order valence-corrected chi connectivity index (χ3v) is 5.13. The van der Waals surface area contributed by atoms with Crippen molar-refractivity contribution in [2.24, 2.45) is 0 Å². The first kappa shape index (κ1) is 15.9. The Balaban J connectivity index is 1.55. The fourth-order valence-electron chi connectivity index (χ4n) is 3.40. The van der Waals surface area contributed by atoms with E-state index in [4.69, 9.17) is 12.2 Å². The zero-order chi connectivity index (χ0) is 18.2. The van der Waals surface area contributed by atoms with E-state index in [0.29, 0.717) is 0 Å². The summed E-state index contributed by atoms with van der Waals surface area (Å²) in [5.41, 5.74) is 6.25. The second-order valence-electron chi connectivity index (χ2n) is 6.56. The van der Waals surface area contributed by atoms with Crippen molar-refractivity contribution in [3.63, 3.8) is 0 Å². The van der Waals surface area contributed by atoms with E-state index in [0.717, 1.165) is 50.0 Å². The first-order chi connectivity index (χ1) is 13.3. The number of fused-ring (bicyclic) bond motifs is 2. The molecule has 3 heterocycles. The van der Waals surface area contributed by atoms with E-state index >= 15 is 0 Å². The van der Waals surface area contributed by atoms with Gasteiger partial charge in [0.05, 0.1) is 11.2 Å². The molecule has 0 aliphatic rings. The minimum absolute atomic E-state index is 0.755. The van der Waals surface area contributed by atoms with Crippen LogP contribution in [0.1, 0.15) is 11.3 Å². The highest BCUT2D eigenvalue weighted by Gasteiger charge is 2.12. The smallest absolute Gasteiger partial charge is 0.100 e. The van der Waals surface area contributed by atoms with Gasteiger partial charge in [0.15, 0.2) is 0 Å².